The van der Waals surface area contributed by atoms with Gasteiger partial charge in [-0.05, 0) is 48.6 Å². The highest BCUT2D eigenvalue weighted by Gasteiger charge is 2.33. The van der Waals surface area contributed by atoms with Gasteiger partial charge in [-0.15, -0.1) is 0 Å². The van der Waals surface area contributed by atoms with Gasteiger partial charge in [0.05, 0.1) is 12.2 Å². The number of ether oxygens (including phenoxy) is 1. The van der Waals surface area contributed by atoms with E-state index in [0.717, 1.165) is 18.8 Å². The van der Waals surface area contributed by atoms with Crippen LogP contribution in [0.25, 0.3) is 0 Å². The van der Waals surface area contributed by atoms with Crippen molar-refractivity contribution < 1.29 is 4.74 Å². The lowest BCUT2D eigenvalue weighted by Crippen LogP contribution is -2.43. The summed E-state index contributed by atoms with van der Waals surface area (Å²) in [4.78, 5) is 0. The summed E-state index contributed by atoms with van der Waals surface area (Å²) in [7, 11) is 0. The standard InChI is InChI=1S/C18H29NO/c1-14(2)17-6-4-16(5-7-17)12-20-18(13-19)10-8-15(3)9-11-18/h4-7,14-15H,8-13,19H2,1-3H3. The fraction of sp³-hybridized carbons (Fsp3) is 0.667. The van der Waals surface area contributed by atoms with Gasteiger partial charge in [0.1, 0.15) is 0 Å². The fourth-order valence-corrected chi connectivity index (χ4v) is 2.93. The maximum atomic E-state index is 6.23. The second kappa shape index (κ2) is 6.73. The lowest BCUT2D eigenvalue weighted by atomic mass is 9.79. The van der Waals surface area contributed by atoms with E-state index in [2.05, 4.69) is 45.0 Å². The molecule has 2 nitrogen and oxygen atoms in total. The minimum Gasteiger partial charge on any atom is -0.369 e. The van der Waals surface area contributed by atoms with Gasteiger partial charge in [-0.3, -0.25) is 0 Å². The van der Waals surface area contributed by atoms with Crippen molar-refractivity contribution in [1.82, 2.24) is 0 Å². The van der Waals surface area contributed by atoms with Crippen LogP contribution in [-0.4, -0.2) is 12.1 Å². The molecule has 0 spiro atoms. The maximum Gasteiger partial charge on any atom is 0.0808 e. The van der Waals surface area contributed by atoms with Gasteiger partial charge in [-0.2, -0.15) is 0 Å². The summed E-state index contributed by atoms with van der Waals surface area (Å²) in [6, 6.07) is 8.79. The van der Waals surface area contributed by atoms with Crippen molar-refractivity contribution in [2.24, 2.45) is 11.7 Å². The number of rotatable bonds is 5. The molecule has 1 aromatic carbocycles. The topological polar surface area (TPSA) is 35.2 Å². The van der Waals surface area contributed by atoms with E-state index in [9.17, 15) is 0 Å². The zero-order chi connectivity index (χ0) is 14.6. The molecule has 0 aromatic heterocycles. The van der Waals surface area contributed by atoms with E-state index in [0.29, 0.717) is 19.1 Å². The number of benzene rings is 1. The summed E-state index contributed by atoms with van der Waals surface area (Å²) >= 11 is 0. The smallest absolute Gasteiger partial charge is 0.0808 e. The van der Waals surface area contributed by atoms with E-state index in [1.54, 1.807) is 0 Å². The largest absolute Gasteiger partial charge is 0.369 e. The molecular weight excluding hydrogens is 246 g/mol. The van der Waals surface area contributed by atoms with Gasteiger partial charge in [0.15, 0.2) is 0 Å². The van der Waals surface area contributed by atoms with E-state index in [1.165, 1.54) is 24.0 Å². The first-order valence-electron chi connectivity index (χ1n) is 7.97. The van der Waals surface area contributed by atoms with Crippen LogP contribution in [0.3, 0.4) is 0 Å². The van der Waals surface area contributed by atoms with Gasteiger partial charge in [0.25, 0.3) is 0 Å². The lowest BCUT2D eigenvalue weighted by molar-refractivity contribution is -0.0799. The Bertz CT molecular complexity index is 402. The van der Waals surface area contributed by atoms with Crippen molar-refractivity contribution in [2.45, 2.75) is 64.6 Å². The normalized spacial score (nSPS) is 26.9. The SMILES string of the molecule is CC1CCC(CN)(OCc2ccc(C(C)C)cc2)CC1. The molecule has 0 saturated heterocycles. The average molecular weight is 275 g/mol. The van der Waals surface area contributed by atoms with Gasteiger partial charge in [0.2, 0.25) is 0 Å². The molecule has 112 valence electrons. The third-order valence-electron chi connectivity index (χ3n) is 4.75. The van der Waals surface area contributed by atoms with Gasteiger partial charge in [-0.1, -0.05) is 45.0 Å². The Labute approximate surface area is 123 Å². The molecule has 2 N–H and O–H groups in total. The van der Waals surface area contributed by atoms with Crippen molar-refractivity contribution in [3.8, 4) is 0 Å². The first-order valence-corrected chi connectivity index (χ1v) is 7.97. The van der Waals surface area contributed by atoms with Crippen LogP contribution < -0.4 is 5.73 Å². The molecule has 20 heavy (non-hydrogen) atoms. The molecule has 2 rings (SSSR count). The molecular formula is C18H29NO. The Balaban J connectivity index is 1.93. The van der Waals surface area contributed by atoms with Crippen molar-refractivity contribution in [3.63, 3.8) is 0 Å². The van der Waals surface area contributed by atoms with Crippen molar-refractivity contribution in [2.75, 3.05) is 6.54 Å². The molecule has 0 atom stereocenters. The third kappa shape index (κ3) is 3.83. The van der Waals surface area contributed by atoms with E-state index < -0.39 is 0 Å². The molecule has 1 aromatic rings. The highest BCUT2D eigenvalue weighted by molar-refractivity contribution is 5.24. The Morgan fingerprint density at radius 1 is 1.20 bits per heavy atom. The predicted molar refractivity (Wildman–Crippen MR) is 84.7 cm³/mol. The van der Waals surface area contributed by atoms with Crippen LogP contribution in [0.1, 0.15) is 63.5 Å². The van der Waals surface area contributed by atoms with E-state index >= 15 is 0 Å². The van der Waals surface area contributed by atoms with Crippen LogP contribution in [0.15, 0.2) is 24.3 Å². The summed E-state index contributed by atoms with van der Waals surface area (Å²) in [6.07, 6.45) is 4.69. The molecule has 0 unspecified atom stereocenters. The van der Waals surface area contributed by atoms with Crippen LogP contribution in [-0.2, 0) is 11.3 Å². The summed E-state index contributed by atoms with van der Waals surface area (Å²) < 4.78 is 6.23. The number of hydrogen-bond acceptors (Lipinski definition) is 2. The number of hydrogen-bond donors (Lipinski definition) is 1. The second-order valence-electron chi connectivity index (χ2n) is 6.75. The van der Waals surface area contributed by atoms with Gasteiger partial charge >= 0.3 is 0 Å². The molecule has 0 aliphatic heterocycles. The Hall–Kier alpha value is -0.860. The van der Waals surface area contributed by atoms with Crippen LogP contribution in [0.4, 0.5) is 0 Å². The summed E-state index contributed by atoms with van der Waals surface area (Å²) in [5.74, 6) is 1.41. The zero-order valence-corrected chi connectivity index (χ0v) is 13.2. The average Bonchev–Trinajstić information content (AvgIpc) is 2.48. The minimum atomic E-state index is -0.0801. The molecule has 1 saturated carbocycles. The lowest BCUT2D eigenvalue weighted by Gasteiger charge is -2.38. The molecule has 1 fully saturated rings. The molecule has 0 radical (unpaired) electrons. The number of nitrogens with two attached hydrogens (primary N) is 1. The maximum absolute atomic E-state index is 6.23. The van der Waals surface area contributed by atoms with E-state index in [-0.39, 0.29) is 5.60 Å². The molecule has 0 amide bonds. The minimum absolute atomic E-state index is 0.0801. The second-order valence-corrected chi connectivity index (χ2v) is 6.75. The van der Waals surface area contributed by atoms with Crippen LogP contribution in [0, 0.1) is 5.92 Å². The zero-order valence-electron chi connectivity index (χ0n) is 13.2. The molecule has 1 aliphatic rings. The van der Waals surface area contributed by atoms with Gasteiger partial charge in [0, 0.05) is 6.54 Å². The fourth-order valence-electron chi connectivity index (χ4n) is 2.93. The summed E-state index contributed by atoms with van der Waals surface area (Å²) in [5.41, 5.74) is 8.54. The van der Waals surface area contributed by atoms with Gasteiger partial charge in [-0.25, -0.2) is 0 Å². The van der Waals surface area contributed by atoms with Crippen molar-refractivity contribution in [3.05, 3.63) is 35.4 Å². The van der Waals surface area contributed by atoms with Crippen molar-refractivity contribution >= 4 is 0 Å². The van der Waals surface area contributed by atoms with E-state index in [1.807, 2.05) is 0 Å². The van der Waals surface area contributed by atoms with Crippen molar-refractivity contribution in [1.29, 1.82) is 0 Å². The summed E-state index contributed by atoms with van der Waals surface area (Å²) in [5, 5.41) is 0. The first kappa shape index (κ1) is 15.5. The van der Waals surface area contributed by atoms with Crippen LogP contribution in [0.2, 0.25) is 0 Å². The van der Waals surface area contributed by atoms with Gasteiger partial charge < -0.3 is 10.5 Å². The van der Waals surface area contributed by atoms with Crippen LogP contribution in [0.5, 0.6) is 0 Å². The predicted octanol–water partition coefficient (Wildman–Crippen LogP) is 4.23. The molecule has 1 aliphatic carbocycles. The molecule has 0 bridgehead atoms. The summed E-state index contributed by atoms with van der Waals surface area (Å²) in [6.45, 7) is 8.09. The van der Waals surface area contributed by atoms with E-state index in [4.69, 9.17) is 10.5 Å². The Morgan fingerprint density at radius 2 is 1.80 bits per heavy atom. The first-order chi connectivity index (χ1) is 9.54. The molecule has 2 heteroatoms. The van der Waals surface area contributed by atoms with Crippen LogP contribution >= 0.6 is 0 Å². The highest BCUT2D eigenvalue weighted by atomic mass is 16.5. The Kier molecular flexibility index (Phi) is 5.22. The monoisotopic (exact) mass is 275 g/mol. The third-order valence-corrected chi connectivity index (χ3v) is 4.75. The molecule has 0 heterocycles. The Morgan fingerprint density at radius 3 is 2.30 bits per heavy atom. The highest BCUT2D eigenvalue weighted by Crippen LogP contribution is 2.34. The quantitative estimate of drug-likeness (QED) is 0.872.